The fourth-order valence-corrected chi connectivity index (χ4v) is 4.93. The number of nitrogens with zero attached hydrogens (tertiary/aromatic N) is 2. The fourth-order valence-electron chi connectivity index (χ4n) is 4.77. The van der Waals surface area contributed by atoms with E-state index < -0.39 is 12.2 Å². The van der Waals surface area contributed by atoms with Crippen LogP contribution in [0.1, 0.15) is 24.4 Å². The predicted molar refractivity (Wildman–Crippen MR) is 121 cm³/mol. The molecule has 4 atom stereocenters. The van der Waals surface area contributed by atoms with Crippen LogP contribution < -0.4 is 5.73 Å². The molecular formula is C24H24ClN3O2. The van der Waals surface area contributed by atoms with E-state index in [0.717, 1.165) is 46.6 Å². The normalized spacial score (nSPS) is 24.1. The number of aliphatic hydroxyl groups is 2. The van der Waals surface area contributed by atoms with Gasteiger partial charge in [0.15, 0.2) is 0 Å². The van der Waals surface area contributed by atoms with Crippen molar-refractivity contribution >= 4 is 39.2 Å². The van der Waals surface area contributed by atoms with Crippen molar-refractivity contribution in [3.8, 4) is 0 Å². The molecule has 5 nitrogen and oxygen atoms in total. The molecule has 1 fully saturated rings. The van der Waals surface area contributed by atoms with Gasteiger partial charge >= 0.3 is 0 Å². The van der Waals surface area contributed by atoms with Crippen LogP contribution in [0.3, 0.4) is 0 Å². The summed E-state index contributed by atoms with van der Waals surface area (Å²) in [6, 6.07) is 18.0. The molecule has 154 valence electrons. The number of hydrogen-bond acceptors (Lipinski definition) is 4. The van der Waals surface area contributed by atoms with Crippen LogP contribution in [0.2, 0.25) is 5.02 Å². The van der Waals surface area contributed by atoms with Crippen LogP contribution in [0.25, 0.3) is 21.8 Å². The monoisotopic (exact) mass is 421 g/mol. The Morgan fingerprint density at radius 1 is 1.03 bits per heavy atom. The number of benzene rings is 2. The zero-order valence-corrected chi connectivity index (χ0v) is 17.2. The second-order valence-corrected chi connectivity index (χ2v) is 8.65. The molecule has 1 aliphatic carbocycles. The lowest BCUT2D eigenvalue weighted by Crippen LogP contribution is -2.29. The molecule has 0 unspecified atom stereocenters. The number of fused-ring (bicyclic) bond motifs is 2. The average Bonchev–Trinajstić information content (AvgIpc) is 3.29. The van der Waals surface area contributed by atoms with Crippen molar-refractivity contribution < 1.29 is 10.2 Å². The van der Waals surface area contributed by atoms with Crippen molar-refractivity contribution in [3.63, 3.8) is 0 Å². The van der Waals surface area contributed by atoms with Gasteiger partial charge in [-0.3, -0.25) is 0 Å². The van der Waals surface area contributed by atoms with Crippen molar-refractivity contribution in [2.45, 2.75) is 37.5 Å². The summed E-state index contributed by atoms with van der Waals surface area (Å²) in [6.45, 7) is 0. The van der Waals surface area contributed by atoms with Gasteiger partial charge in [0.25, 0.3) is 0 Å². The SMILES string of the molecule is Nc1nc2cc(CC[C@H]3C[C@@H](n4ccc5ccccc54)[C@H](O)[C@@H]3O)ccc2cc1Cl. The van der Waals surface area contributed by atoms with Gasteiger partial charge in [0, 0.05) is 17.1 Å². The molecule has 1 saturated carbocycles. The van der Waals surface area contributed by atoms with Gasteiger partial charge in [0.2, 0.25) is 0 Å². The third kappa shape index (κ3) is 3.33. The van der Waals surface area contributed by atoms with Gasteiger partial charge in [0.1, 0.15) is 11.9 Å². The van der Waals surface area contributed by atoms with Crippen molar-refractivity contribution in [2.24, 2.45) is 5.92 Å². The predicted octanol–water partition coefficient (Wildman–Crippen LogP) is 4.34. The highest BCUT2D eigenvalue weighted by Gasteiger charge is 2.42. The second kappa shape index (κ2) is 7.58. The number of anilines is 1. The zero-order valence-electron chi connectivity index (χ0n) is 16.4. The molecule has 5 rings (SSSR count). The summed E-state index contributed by atoms with van der Waals surface area (Å²) in [6.07, 6.45) is 2.85. The Hall–Kier alpha value is -2.60. The van der Waals surface area contributed by atoms with Crippen LogP contribution in [0.5, 0.6) is 0 Å². The number of halogens is 1. The first-order valence-corrected chi connectivity index (χ1v) is 10.7. The molecule has 0 bridgehead atoms. The van der Waals surface area contributed by atoms with E-state index in [1.165, 1.54) is 0 Å². The van der Waals surface area contributed by atoms with E-state index in [4.69, 9.17) is 17.3 Å². The van der Waals surface area contributed by atoms with Crippen molar-refractivity contribution in [2.75, 3.05) is 5.73 Å². The number of pyridine rings is 1. The topological polar surface area (TPSA) is 84.3 Å². The first kappa shape index (κ1) is 19.4. The van der Waals surface area contributed by atoms with Crippen LogP contribution in [0, 0.1) is 5.92 Å². The number of nitrogens with two attached hydrogens (primary N) is 1. The Morgan fingerprint density at radius 2 is 1.87 bits per heavy atom. The quantitative estimate of drug-likeness (QED) is 0.457. The average molecular weight is 422 g/mol. The van der Waals surface area contributed by atoms with E-state index in [2.05, 4.69) is 33.8 Å². The van der Waals surface area contributed by atoms with Crippen molar-refractivity contribution in [1.29, 1.82) is 0 Å². The molecule has 2 aromatic carbocycles. The van der Waals surface area contributed by atoms with E-state index in [0.29, 0.717) is 10.8 Å². The number of nitrogen functional groups attached to an aromatic ring is 1. The van der Waals surface area contributed by atoms with E-state index in [1.807, 2.05) is 36.5 Å². The highest BCUT2D eigenvalue weighted by Crippen LogP contribution is 2.39. The first-order chi connectivity index (χ1) is 14.5. The molecule has 1 aliphatic rings. The molecule has 2 heterocycles. The third-order valence-electron chi connectivity index (χ3n) is 6.42. The van der Waals surface area contributed by atoms with Gasteiger partial charge in [-0.25, -0.2) is 4.98 Å². The summed E-state index contributed by atoms with van der Waals surface area (Å²) in [5.74, 6) is 0.363. The summed E-state index contributed by atoms with van der Waals surface area (Å²) < 4.78 is 2.11. The van der Waals surface area contributed by atoms with Crippen molar-refractivity contribution in [3.05, 3.63) is 71.4 Å². The molecule has 4 aromatic rings. The van der Waals surface area contributed by atoms with Gasteiger partial charge in [0.05, 0.1) is 22.7 Å². The highest BCUT2D eigenvalue weighted by molar-refractivity contribution is 6.33. The number of para-hydroxylation sites is 1. The second-order valence-electron chi connectivity index (χ2n) is 8.25. The molecular weight excluding hydrogens is 398 g/mol. The van der Waals surface area contributed by atoms with Crippen LogP contribution >= 0.6 is 11.6 Å². The van der Waals surface area contributed by atoms with Crippen molar-refractivity contribution in [1.82, 2.24) is 9.55 Å². The molecule has 4 N–H and O–H groups in total. The van der Waals surface area contributed by atoms with Gasteiger partial charge in [-0.05, 0) is 60.4 Å². The lowest BCUT2D eigenvalue weighted by atomic mass is 9.95. The number of aryl methyl sites for hydroxylation is 1. The Labute approximate surface area is 179 Å². The minimum absolute atomic E-state index is 0.0325. The summed E-state index contributed by atoms with van der Waals surface area (Å²) in [4.78, 5) is 4.37. The first-order valence-electron chi connectivity index (χ1n) is 10.3. The van der Waals surface area contributed by atoms with Gasteiger partial charge in [-0.2, -0.15) is 0 Å². The Balaban J connectivity index is 1.33. The molecule has 6 heteroatoms. The molecule has 0 aliphatic heterocycles. The lowest BCUT2D eigenvalue weighted by molar-refractivity contribution is 0.00552. The summed E-state index contributed by atoms with van der Waals surface area (Å²) in [5, 5.41) is 24.0. The van der Waals surface area contributed by atoms with E-state index >= 15 is 0 Å². The standard InChI is InChI=1S/C24H24ClN3O2/c25-18-12-16-7-5-14(11-19(16)27-24(18)26)6-8-17-13-21(23(30)22(17)29)28-10-9-15-3-1-2-4-20(15)28/h1-5,7,9-12,17,21-23,29-30H,6,8,13H2,(H2,26,27)/t17-,21+,22+,23-/m0/s1. The maximum absolute atomic E-state index is 10.7. The van der Waals surface area contributed by atoms with Crippen LogP contribution in [0.15, 0.2) is 60.8 Å². The molecule has 0 spiro atoms. The zero-order chi connectivity index (χ0) is 20.8. The molecule has 0 saturated heterocycles. The highest BCUT2D eigenvalue weighted by atomic mass is 35.5. The van der Waals surface area contributed by atoms with E-state index in [1.54, 1.807) is 0 Å². The summed E-state index contributed by atoms with van der Waals surface area (Å²) in [7, 11) is 0. The lowest BCUT2D eigenvalue weighted by Gasteiger charge is -2.19. The number of hydrogen-bond donors (Lipinski definition) is 3. The van der Waals surface area contributed by atoms with Crippen LogP contribution in [0.4, 0.5) is 5.82 Å². The van der Waals surface area contributed by atoms with Crippen LogP contribution in [-0.4, -0.2) is 32.0 Å². The fraction of sp³-hybridized carbons (Fsp3) is 0.292. The maximum atomic E-state index is 10.7. The van der Waals surface area contributed by atoms with Crippen LogP contribution in [-0.2, 0) is 6.42 Å². The Kier molecular flexibility index (Phi) is 4.89. The minimum atomic E-state index is -0.772. The molecule has 30 heavy (non-hydrogen) atoms. The number of aromatic nitrogens is 2. The third-order valence-corrected chi connectivity index (χ3v) is 6.73. The van der Waals surface area contributed by atoms with Gasteiger partial charge in [-0.15, -0.1) is 0 Å². The summed E-state index contributed by atoms with van der Waals surface area (Å²) in [5.41, 5.74) is 8.88. The smallest absolute Gasteiger partial charge is 0.142 e. The largest absolute Gasteiger partial charge is 0.390 e. The molecule has 0 radical (unpaired) electrons. The van der Waals surface area contributed by atoms with E-state index in [-0.39, 0.29) is 12.0 Å². The number of aliphatic hydroxyl groups excluding tert-OH is 2. The Bertz CT molecular complexity index is 1220. The van der Waals surface area contributed by atoms with Gasteiger partial charge < -0.3 is 20.5 Å². The molecule has 2 aromatic heterocycles. The number of rotatable bonds is 4. The van der Waals surface area contributed by atoms with E-state index in [9.17, 15) is 10.2 Å². The minimum Gasteiger partial charge on any atom is -0.390 e. The Morgan fingerprint density at radius 3 is 2.73 bits per heavy atom. The van der Waals surface area contributed by atoms with Gasteiger partial charge in [-0.1, -0.05) is 41.9 Å². The maximum Gasteiger partial charge on any atom is 0.142 e. The molecule has 0 amide bonds. The summed E-state index contributed by atoms with van der Waals surface area (Å²) >= 11 is 6.06.